The van der Waals surface area contributed by atoms with Crippen LogP contribution >= 0.6 is 15.9 Å². The first kappa shape index (κ1) is 18.3. The van der Waals surface area contributed by atoms with Crippen LogP contribution in [0.3, 0.4) is 0 Å². The average Bonchev–Trinajstić information content (AvgIpc) is 2.59. The van der Waals surface area contributed by atoms with E-state index in [0.29, 0.717) is 34.7 Å². The van der Waals surface area contributed by atoms with Gasteiger partial charge in [0.25, 0.3) is 5.91 Å². The molecule has 0 aliphatic carbocycles. The number of halogens is 2. The van der Waals surface area contributed by atoms with Gasteiger partial charge < -0.3 is 14.8 Å². The molecule has 2 aromatic rings. The Hall–Kier alpha value is -2.08. The number of nitrogens with one attached hydrogen (secondary N) is 1. The van der Waals surface area contributed by atoms with Gasteiger partial charge in [0, 0.05) is 12.1 Å². The highest BCUT2D eigenvalue weighted by Crippen LogP contribution is 2.36. The molecule has 0 unspecified atom stereocenters. The van der Waals surface area contributed by atoms with Crippen molar-refractivity contribution in [3.63, 3.8) is 0 Å². The molecule has 0 radical (unpaired) electrons. The minimum absolute atomic E-state index is 0.250. The molecule has 0 aromatic heterocycles. The summed E-state index contributed by atoms with van der Waals surface area (Å²) in [5, 5.41) is 2.80. The zero-order valence-electron chi connectivity index (χ0n) is 13.6. The molecule has 0 aliphatic rings. The molecule has 0 saturated carbocycles. The third kappa shape index (κ3) is 4.71. The van der Waals surface area contributed by atoms with Crippen LogP contribution in [0.5, 0.6) is 11.5 Å². The van der Waals surface area contributed by atoms with Crippen molar-refractivity contribution < 1.29 is 18.7 Å². The van der Waals surface area contributed by atoms with Crippen LogP contribution in [0.15, 0.2) is 40.9 Å². The highest BCUT2D eigenvalue weighted by molar-refractivity contribution is 9.10. The van der Waals surface area contributed by atoms with Gasteiger partial charge in [-0.25, -0.2) is 4.39 Å². The first-order valence-corrected chi connectivity index (χ1v) is 8.37. The molecular formula is C18H19BrFNO3. The van der Waals surface area contributed by atoms with Gasteiger partial charge in [0.2, 0.25) is 0 Å². The smallest absolute Gasteiger partial charge is 0.251 e. The van der Waals surface area contributed by atoms with Crippen molar-refractivity contribution in [1.82, 2.24) is 5.32 Å². The Balaban J connectivity index is 2.11. The van der Waals surface area contributed by atoms with Crippen molar-refractivity contribution in [1.29, 1.82) is 0 Å². The number of methoxy groups -OCH3 is 1. The Morgan fingerprint density at radius 2 is 1.96 bits per heavy atom. The fourth-order valence-corrected chi connectivity index (χ4v) is 2.64. The standard InChI is InChI=1S/C18H19BrFNO3/c1-3-8-24-17-15(19)9-13(10-16(17)23-2)18(22)21-11-12-4-6-14(20)7-5-12/h4-7,9-10H,3,8,11H2,1-2H3,(H,21,22). The lowest BCUT2D eigenvalue weighted by Crippen LogP contribution is -2.23. The van der Waals surface area contributed by atoms with E-state index < -0.39 is 0 Å². The van der Waals surface area contributed by atoms with Gasteiger partial charge in [0.05, 0.1) is 18.2 Å². The van der Waals surface area contributed by atoms with E-state index in [4.69, 9.17) is 9.47 Å². The van der Waals surface area contributed by atoms with Gasteiger partial charge >= 0.3 is 0 Å². The van der Waals surface area contributed by atoms with Crippen LogP contribution in [0.25, 0.3) is 0 Å². The van der Waals surface area contributed by atoms with Crippen LogP contribution < -0.4 is 14.8 Å². The van der Waals surface area contributed by atoms with Crippen molar-refractivity contribution in [2.24, 2.45) is 0 Å². The number of hydrogen-bond donors (Lipinski definition) is 1. The highest BCUT2D eigenvalue weighted by Gasteiger charge is 2.15. The van der Waals surface area contributed by atoms with Crippen molar-refractivity contribution in [2.75, 3.05) is 13.7 Å². The second kappa shape index (κ2) is 8.68. The summed E-state index contributed by atoms with van der Waals surface area (Å²) in [4.78, 5) is 12.3. The topological polar surface area (TPSA) is 47.6 Å². The summed E-state index contributed by atoms with van der Waals surface area (Å²) in [6, 6.07) is 9.31. The number of carbonyl (C=O) groups is 1. The Kier molecular flexibility index (Phi) is 6.61. The van der Waals surface area contributed by atoms with Gasteiger partial charge in [-0.05, 0) is 52.2 Å². The second-order valence-corrected chi connectivity index (χ2v) is 6.00. The van der Waals surface area contributed by atoms with Crippen molar-refractivity contribution >= 4 is 21.8 Å². The maximum atomic E-state index is 12.9. The molecular weight excluding hydrogens is 377 g/mol. The lowest BCUT2D eigenvalue weighted by atomic mass is 10.1. The molecule has 2 aromatic carbocycles. The van der Waals surface area contributed by atoms with E-state index >= 15 is 0 Å². The Morgan fingerprint density at radius 3 is 2.58 bits per heavy atom. The monoisotopic (exact) mass is 395 g/mol. The van der Waals surface area contributed by atoms with E-state index in [9.17, 15) is 9.18 Å². The van der Waals surface area contributed by atoms with Gasteiger partial charge in [-0.1, -0.05) is 19.1 Å². The quantitative estimate of drug-likeness (QED) is 0.759. The van der Waals surface area contributed by atoms with Gasteiger partial charge in [-0.3, -0.25) is 4.79 Å². The maximum absolute atomic E-state index is 12.9. The van der Waals surface area contributed by atoms with Crippen LogP contribution in [-0.2, 0) is 6.54 Å². The van der Waals surface area contributed by atoms with Gasteiger partial charge in [0.1, 0.15) is 5.82 Å². The zero-order chi connectivity index (χ0) is 17.5. The molecule has 4 nitrogen and oxygen atoms in total. The van der Waals surface area contributed by atoms with Crippen LogP contribution in [0.4, 0.5) is 4.39 Å². The van der Waals surface area contributed by atoms with Crippen LogP contribution in [0.1, 0.15) is 29.3 Å². The maximum Gasteiger partial charge on any atom is 0.251 e. The summed E-state index contributed by atoms with van der Waals surface area (Å²) in [7, 11) is 1.53. The zero-order valence-corrected chi connectivity index (χ0v) is 15.2. The van der Waals surface area contributed by atoms with E-state index in [1.54, 1.807) is 24.3 Å². The van der Waals surface area contributed by atoms with Crippen molar-refractivity contribution in [3.8, 4) is 11.5 Å². The molecule has 0 fully saturated rings. The van der Waals surface area contributed by atoms with Crippen molar-refractivity contribution in [3.05, 3.63) is 57.8 Å². The predicted octanol–water partition coefficient (Wildman–Crippen LogP) is 4.32. The third-order valence-corrected chi connectivity index (χ3v) is 3.90. The fourth-order valence-electron chi connectivity index (χ4n) is 2.08. The lowest BCUT2D eigenvalue weighted by Gasteiger charge is -2.14. The lowest BCUT2D eigenvalue weighted by molar-refractivity contribution is 0.0950. The van der Waals surface area contributed by atoms with E-state index in [2.05, 4.69) is 21.2 Å². The summed E-state index contributed by atoms with van der Waals surface area (Å²) in [5.41, 5.74) is 1.27. The molecule has 128 valence electrons. The Morgan fingerprint density at radius 1 is 1.25 bits per heavy atom. The molecule has 1 amide bonds. The molecule has 0 spiro atoms. The second-order valence-electron chi connectivity index (χ2n) is 5.15. The number of ether oxygens (including phenoxy) is 2. The minimum atomic E-state index is -0.304. The summed E-state index contributed by atoms with van der Waals surface area (Å²) in [6.07, 6.45) is 0.871. The van der Waals surface area contributed by atoms with Crippen molar-refractivity contribution in [2.45, 2.75) is 19.9 Å². The van der Waals surface area contributed by atoms with Gasteiger partial charge in [0.15, 0.2) is 11.5 Å². The first-order chi connectivity index (χ1) is 11.5. The summed E-state index contributed by atoms with van der Waals surface area (Å²) in [5.74, 6) is 0.515. The van der Waals surface area contributed by atoms with Crippen LogP contribution in [0, 0.1) is 5.82 Å². The number of rotatable bonds is 7. The summed E-state index contributed by atoms with van der Waals surface area (Å²) in [6.45, 7) is 2.88. The number of hydrogen-bond acceptors (Lipinski definition) is 3. The summed E-state index contributed by atoms with van der Waals surface area (Å²) >= 11 is 3.41. The van der Waals surface area contributed by atoms with Crippen LogP contribution in [-0.4, -0.2) is 19.6 Å². The number of amides is 1. The molecule has 2 rings (SSSR count). The molecule has 0 bridgehead atoms. The molecule has 6 heteroatoms. The minimum Gasteiger partial charge on any atom is -0.493 e. The molecule has 0 heterocycles. The Labute approximate surface area is 149 Å². The van der Waals surface area contributed by atoms with Gasteiger partial charge in [-0.15, -0.1) is 0 Å². The molecule has 0 saturated heterocycles. The van der Waals surface area contributed by atoms with E-state index in [1.165, 1.54) is 19.2 Å². The summed E-state index contributed by atoms with van der Waals surface area (Å²) < 4.78 is 24.5. The largest absolute Gasteiger partial charge is 0.493 e. The molecule has 24 heavy (non-hydrogen) atoms. The molecule has 1 N–H and O–H groups in total. The Bertz CT molecular complexity index is 704. The average molecular weight is 396 g/mol. The fraction of sp³-hybridized carbons (Fsp3) is 0.278. The van der Waals surface area contributed by atoms with Crippen LogP contribution in [0.2, 0.25) is 0 Å². The third-order valence-electron chi connectivity index (χ3n) is 3.31. The highest BCUT2D eigenvalue weighted by atomic mass is 79.9. The van der Waals surface area contributed by atoms with Gasteiger partial charge in [-0.2, -0.15) is 0 Å². The first-order valence-electron chi connectivity index (χ1n) is 7.58. The molecule has 0 aliphatic heterocycles. The SMILES string of the molecule is CCCOc1c(Br)cc(C(=O)NCc2ccc(F)cc2)cc1OC. The number of carbonyl (C=O) groups excluding carboxylic acids is 1. The normalized spacial score (nSPS) is 10.3. The van der Waals surface area contributed by atoms with E-state index in [1.807, 2.05) is 6.92 Å². The van der Waals surface area contributed by atoms with E-state index in [-0.39, 0.29) is 11.7 Å². The van der Waals surface area contributed by atoms with E-state index in [0.717, 1.165) is 12.0 Å². The predicted molar refractivity (Wildman–Crippen MR) is 94.1 cm³/mol. The molecule has 0 atom stereocenters. The number of benzene rings is 2.